The second kappa shape index (κ2) is 7.72. The first-order valence-electron chi connectivity index (χ1n) is 8.98. The number of nitrogens with one attached hydrogen (secondary N) is 1. The van der Waals surface area contributed by atoms with Crippen molar-refractivity contribution in [1.82, 2.24) is 14.8 Å². The maximum atomic E-state index is 13.1. The summed E-state index contributed by atoms with van der Waals surface area (Å²) in [5.74, 6) is -0.392. The van der Waals surface area contributed by atoms with Gasteiger partial charge in [0.15, 0.2) is 0 Å². The zero-order chi connectivity index (χ0) is 18.7. The van der Waals surface area contributed by atoms with Crippen LogP contribution in [0, 0.1) is 19.7 Å². The van der Waals surface area contributed by atoms with Gasteiger partial charge in [0.25, 0.3) is 5.91 Å². The van der Waals surface area contributed by atoms with Gasteiger partial charge in [-0.1, -0.05) is 0 Å². The minimum Gasteiger partial charge on any atom is -0.351 e. The van der Waals surface area contributed by atoms with E-state index in [1.54, 1.807) is 12.1 Å². The molecule has 0 saturated carbocycles. The third-order valence-electron chi connectivity index (χ3n) is 4.84. The summed E-state index contributed by atoms with van der Waals surface area (Å²) >= 11 is 0. The van der Waals surface area contributed by atoms with Crippen LogP contribution in [0.3, 0.4) is 0 Å². The molecule has 1 aromatic carbocycles. The van der Waals surface area contributed by atoms with Gasteiger partial charge >= 0.3 is 0 Å². The topological polar surface area (TPSA) is 54.3 Å². The van der Waals surface area contributed by atoms with E-state index in [-0.39, 0.29) is 17.6 Å². The van der Waals surface area contributed by atoms with Crippen molar-refractivity contribution in [2.45, 2.75) is 33.1 Å². The van der Waals surface area contributed by atoms with Crippen LogP contribution in [-0.2, 0) is 4.79 Å². The number of benzene rings is 1. The maximum Gasteiger partial charge on any atom is 0.253 e. The largest absolute Gasteiger partial charge is 0.351 e. The number of amides is 2. The molecule has 0 spiro atoms. The van der Waals surface area contributed by atoms with Crippen molar-refractivity contribution >= 4 is 11.8 Å². The average Bonchev–Trinajstić information content (AvgIpc) is 3.24. The highest BCUT2D eigenvalue weighted by Gasteiger charge is 2.19. The summed E-state index contributed by atoms with van der Waals surface area (Å²) in [5.41, 5.74) is 3.06. The van der Waals surface area contributed by atoms with Gasteiger partial charge in [0, 0.05) is 43.1 Å². The molecule has 1 fully saturated rings. The molecule has 0 atom stereocenters. The van der Waals surface area contributed by atoms with Crippen molar-refractivity contribution in [3.8, 4) is 5.69 Å². The van der Waals surface area contributed by atoms with E-state index in [4.69, 9.17) is 0 Å². The SMILES string of the molecule is Cc1cc(C(=O)NCCC(=O)N2CCCC2)c(C)n1-c1ccc(F)cc1. The first-order chi connectivity index (χ1) is 12.5. The van der Waals surface area contributed by atoms with Crippen LogP contribution in [-0.4, -0.2) is 40.9 Å². The molecular weight excluding hydrogens is 333 g/mol. The van der Waals surface area contributed by atoms with Crippen LogP contribution in [0.1, 0.15) is 41.0 Å². The molecule has 2 heterocycles. The lowest BCUT2D eigenvalue weighted by atomic mass is 10.2. The number of rotatable bonds is 5. The Morgan fingerprint density at radius 1 is 1.12 bits per heavy atom. The molecule has 0 unspecified atom stereocenters. The van der Waals surface area contributed by atoms with Gasteiger partial charge < -0.3 is 14.8 Å². The number of hydrogen-bond donors (Lipinski definition) is 1. The molecule has 1 aromatic heterocycles. The van der Waals surface area contributed by atoms with Crippen LogP contribution in [0.15, 0.2) is 30.3 Å². The molecule has 1 N–H and O–H groups in total. The van der Waals surface area contributed by atoms with E-state index in [1.165, 1.54) is 12.1 Å². The van der Waals surface area contributed by atoms with Crippen LogP contribution in [0.5, 0.6) is 0 Å². The van der Waals surface area contributed by atoms with E-state index < -0.39 is 0 Å². The Balaban J connectivity index is 1.65. The van der Waals surface area contributed by atoms with Gasteiger partial charge in [-0.3, -0.25) is 9.59 Å². The molecular formula is C20H24FN3O2. The van der Waals surface area contributed by atoms with Crippen molar-refractivity contribution in [2.75, 3.05) is 19.6 Å². The highest BCUT2D eigenvalue weighted by atomic mass is 19.1. The fourth-order valence-corrected chi connectivity index (χ4v) is 3.48. The number of hydrogen-bond acceptors (Lipinski definition) is 2. The second-order valence-electron chi connectivity index (χ2n) is 6.69. The first kappa shape index (κ1) is 18.2. The van der Waals surface area contributed by atoms with Crippen LogP contribution < -0.4 is 5.32 Å². The van der Waals surface area contributed by atoms with Crippen LogP contribution >= 0.6 is 0 Å². The van der Waals surface area contributed by atoms with Crippen LogP contribution in [0.2, 0.25) is 0 Å². The van der Waals surface area contributed by atoms with Crippen molar-refractivity contribution in [3.05, 3.63) is 53.1 Å². The molecule has 5 nitrogen and oxygen atoms in total. The maximum absolute atomic E-state index is 13.1. The molecule has 0 radical (unpaired) electrons. The van der Waals surface area contributed by atoms with Gasteiger partial charge in [0.1, 0.15) is 5.82 Å². The fraction of sp³-hybridized carbons (Fsp3) is 0.400. The summed E-state index contributed by atoms with van der Waals surface area (Å²) < 4.78 is 15.1. The Bertz CT molecular complexity index is 805. The van der Waals surface area contributed by atoms with E-state index in [1.807, 2.05) is 29.4 Å². The zero-order valence-electron chi connectivity index (χ0n) is 15.2. The van der Waals surface area contributed by atoms with Gasteiger partial charge in [-0.2, -0.15) is 0 Å². The number of halogens is 1. The molecule has 0 aliphatic carbocycles. The Kier molecular flexibility index (Phi) is 5.40. The van der Waals surface area contributed by atoms with Crippen molar-refractivity contribution in [1.29, 1.82) is 0 Å². The standard InChI is InChI=1S/C20H24FN3O2/c1-14-13-18(15(2)24(14)17-7-5-16(21)6-8-17)20(26)22-10-9-19(25)23-11-3-4-12-23/h5-8,13H,3-4,9-12H2,1-2H3,(H,22,26). The molecule has 138 valence electrons. The van der Waals surface area contributed by atoms with Gasteiger partial charge in [0.05, 0.1) is 5.56 Å². The minimum absolute atomic E-state index is 0.0968. The highest BCUT2D eigenvalue weighted by Crippen LogP contribution is 2.21. The van der Waals surface area contributed by atoms with E-state index in [2.05, 4.69) is 5.32 Å². The van der Waals surface area contributed by atoms with E-state index in [0.29, 0.717) is 18.5 Å². The molecule has 6 heteroatoms. The smallest absolute Gasteiger partial charge is 0.253 e. The first-order valence-corrected chi connectivity index (χ1v) is 8.98. The Morgan fingerprint density at radius 2 is 1.77 bits per heavy atom. The van der Waals surface area contributed by atoms with E-state index >= 15 is 0 Å². The Hall–Kier alpha value is -2.63. The summed E-state index contributed by atoms with van der Waals surface area (Å²) in [6, 6.07) is 7.99. The zero-order valence-corrected chi connectivity index (χ0v) is 15.2. The quantitative estimate of drug-likeness (QED) is 0.894. The summed E-state index contributed by atoms with van der Waals surface area (Å²) in [6.07, 6.45) is 2.45. The summed E-state index contributed by atoms with van der Waals surface area (Å²) in [6.45, 7) is 5.75. The van der Waals surface area contributed by atoms with Crippen LogP contribution in [0.4, 0.5) is 4.39 Å². The number of carbonyl (C=O) groups is 2. The highest BCUT2D eigenvalue weighted by molar-refractivity contribution is 5.96. The van der Waals surface area contributed by atoms with Crippen LogP contribution in [0.25, 0.3) is 5.69 Å². The van der Waals surface area contributed by atoms with Gasteiger partial charge in [-0.25, -0.2) is 4.39 Å². The molecule has 0 bridgehead atoms. The van der Waals surface area contributed by atoms with Gasteiger partial charge in [-0.05, 0) is 57.0 Å². The molecule has 26 heavy (non-hydrogen) atoms. The third kappa shape index (κ3) is 3.79. The number of nitrogens with zero attached hydrogens (tertiary/aromatic N) is 2. The molecule has 2 aromatic rings. The van der Waals surface area contributed by atoms with E-state index in [0.717, 1.165) is 43.0 Å². The molecule has 1 aliphatic rings. The summed E-state index contributed by atoms with van der Waals surface area (Å²) in [4.78, 5) is 26.4. The van der Waals surface area contributed by atoms with Gasteiger partial charge in [-0.15, -0.1) is 0 Å². The lowest BCUT2D eigenvalue weighted by Crippen LogP contribution is -2.32. The lowest BCUT2D eigenvalue weighted by Gasteiger charge is -2.15. The average molecular weight is 357 g/mol. The normalized spacial score (nSPS) is 13.9. The Labute approximate surface area is 152 Å². The monoisotopic (exact) mass is 357 g/mol. The van der Waals surface area contributed by atoms with Crippen molar-refractivity contribution < 1.29 is 14.0 Å². The number of aromatic nitrogens is 1. The number of likely N-dealkylation sites (tertiary alicyclic amines) is 1. The Morgan fingerprint density at radius 3 is 2.42 bits per heavy atom. The second-order valence-corrected chi connectivity index (χ2v) is 6.69. The molecule has 1 aliphatic heterocycles. The minimum atomic E-state index is -0.295. The predicted octanol–water partition coefficient (Wildman–Crippen LogP) is 2.98. The van der Waals surface area contributed by atoms with Crippen molar-refractivity contribution in [2.24, 2.45) is 0 Å². The predicted molar refractivity (Wildman–Crippen MR) is 98.0 cm³/mol. The third-order valence-corrected chi connectivity index (χ3v) is 4.84. The van der Waals surface area contributed by atoms with Crippen molar-refractivity contribution in [3.63, 3.8) is 0 Å². The fourth-order valence-electron chi connectivity index (χ4n) is 3.48. The summed E-state index contributed by atoms with van der Waals surface area (Å²) in [5, 5.41) is 2.84. The number of carbonyl (C=O) groups excluding carboxylic acids is 2. The number of aryl methyl sites for hydroxylation is 1. The van der Waals surface area contributed by atoms with E-state index in [9.17, 15) is 14.0 Å². The van der Waals surface area contributed by atoms with Gasteiger partial charge in [0.2, 0.25) is 5.91 Å². The summed E-state index contributed by atoms with van der Waals surface area (Å²) in [7, 11) is 0. The lowest BCUT2D eigenvalue weighted by molar-refractivity contribution is -0.129. The molecule has 3 rings (SSSR count). The molecule has 2 amide bonds. The molecule has 1 saturated heterocycles.